The molecule has 1 unspecified atom stereocenters. The van der Waals surface area contributed by atoms with Crippen molar-refractivity contribution in [3.05, 3.63) is 18.3 Å². The van der Waals surface area contributed by atoms with Crippen LogP contribution in [0.15, 0.2) is 12.5 Å². The van der Waals surface area contributed by atoms with E-state index in [2.05, 4.69) is 19.9 Å². The molecule has 1 aliphatic rings. The van der Waals surface area contributed by atoms with Crippen LogP contribution in [0.3, 0.4) is 0 Å². The third-order valence-corrected chi connectivity index (χ3v) is 5.25. The molecule has 17 heavy (non-hydrogen) atoms. The molecule has 6 nitrogen and oxygen atoms in total. The van der Waals surface area contributed by atoms with Gasteiger partial charge >= 0.3 is 0 Å². The van der Waals surface area contributed by atoms with Crippen molar-refractivity contribution in [3.63, 3.8) is 0 Å². The van der Waals surface area contributed by atoms with Gasteiger partial charge in [0.1, 0.15) is 22.9 Å². The molecule has 2 aromatic rings. The molecule has 1 aliphatic heterocycles. The minimum Gasteiger partial charge on any atom is -0.338 e. The molecule has 1 fully saturated rings. The van der Waals surface area contributed by atoms with E-state index in [1.165, 1.54) is 6.33 Å². The van der Waals surface area contributed by atoms with Crippen molar-refractivity contribution in [2.45, 2.75) is 24.5 Å². The predicted octanol–water partition coefficient (Wildman–Crippen LogP) is 0.993. The lowest BCUT2D eigenvalue weighted by Crippen LogP contribution is -2.22. The number of aromatic amines is 1. The van der Waals surface area contributed by atoms with Gasteiger partial charge in [-0.05, 0) is 12.8 Å². The summed E-state index contributed by atoms with van der Waals surface area (Å²) in [5.41, 5.74) is 1.21. The van der Waals surface area contributed by atoms with Gasteiger partial charge in [-0.3, -0.25) is 0 Å². The van der Waals surface area contributed by atoms with Gasteiger partial charge in [-0.15, -0.1) is 0 Å². The molecule has 0 saturated carbocycles. The van der Waals surface area contributed by atoms with Crippen molar-refractivity contribution < 1.29 is 8.42 Å². The van der Waals surface area contributed by atoms with Gasteiger partial charge in [-0.1, -0.05) is 6.42 Å². The number of nitrogens with zero attached hydrogens (tertiary/aromatic N) is 3. The highest BCUT2D eigenvalue weighted by molar-refractivity contribution is 7.91. The summed E-state index contributed by atoms with van der Waals surface area (Å²) in [6.07, 6.45) is 5.32. The van der Waals surface area contributed by atoms with Crippen molar-refractivity contribution in [1.29, 1.82) is 0 Å². The van der Waals surface area contributed by atoms with Gasteiger partial charge in [-0.25, -0.2) is 23.4 Å². The summed E-state index contributed by atoms with van der Waals surface area (Å²) in [7, 11) is -3.07. The van der Waals surface area contributed by atoms with Gasteiger partial charge < -0.3 is 4.98 Å². The Kier molecular flexibility index (Phi) is 2.36. The molecule has 90 valence electrons. The van der Waals surface area contributed by atoms with E-state index in [-0.39, 0.29) is 5.75 Å². The summed E-state index contributed by atoms with van der Waals surface area (Å²) in [5.74, 6) is 0.751. The number of aromatic nitrogens is 4. The summed E-state index contributed by atoms with van der Waals surface area (Å²) in [6.45, 7) is 0. The maximum atomic E-state index is 12.0. The predicted molar refractivity (Wildman–Crippen MR) is 62.1 cm³/mol. The summed E-state index contributed by atoms with van der Waals surface area (Å²) < 4.78 is 23.9. The van der Waals surface area contributed by atoms with E-state index in [1.807, 2.05) is 0 Å². The lowest BCUT2D eigenvalue weighted by atomic mass is 10.2. The minimum absolute atomic E-state index is 0.250. The lowest BCUT2D eigenvalue weighted by Gasteiger charge is -2.19. The molecule has 1 saturated heterocycles. The normalized spacial score (nSPS) is 23.9. The quantitative estimate of drug-likeness (QED) is 0.817. The third kappa shape index (κ3) is 1.80. The van der Waals surface area contributed by atoms with Gasteiger partial charge in [0.25, 0.3) is 0 Å². The highest BCUT2D eigenvalue weighted by Crippen LogP contribution is 2.32. The van der Waals surface area contributed by atoms with E-state index >= 15 is 0 Å². The summed E-state index contributed by atoms with van der Waals surface area (Å²) >= 11 is 0. The summed E-state index contributed by atoms with van der Waals surface area (Å²) in [4.78, 5) is 15.1. The molecular formula is C10H12N4O2S. The Morgan fingerprint density at radius 3 is 3.00 bits per heavy atom. The average molecular weight is 252 g/mol. The topological polar surface area (TPSA) is 88.6 Å². The van der Waals surface area contributed by atoms with Gasteiger partial charge in [0.05, 0.1) is 11.9 Å². The van der Waals surface area contributed by atoms with Crippen LogP contribution in [0.25, 0.3) is 11.2 Å². The van der Waals surface area contributed by atoms with Crippen molar-refractivity contribution >= 4 is 21.0 Å². The van der Waals surface area contributed by atoms with E-state index in [0.717, 1.165) is 12.8 Å². The Bertz CT molecular complexity index is 616. The molecule has 2 aromatic heterocycles. The molecule has 7 heteroatoms. The fourth-order valence-corrected chi connectivity index (χ4v) is 4.06. The molecule has 1 N–H and O–H groups in total. The second-order valence-corrected chi connectivity index (χ2v) is 6.54. The average Bonchev–Trinajstić information content (AvgIpc) is 2.71. The van der Waals surface area contributed by atoms with Crippen molar-refractivity contribution in [2.24, 2.45) is 0 Å². The van der Waals surface area contributed by atoms with Gasteiger partial charge in [0.15, 0.2) is 15.5 Å². The van der Waals surface area contributed by atoms with Crippen LogP contribution in [0, 0.1) is 0 Å². The largest absolute Gasteiger partial charge is 0.338 e. The van der Waals surface area contributed by atoms with Crippen molar-refractivity contribution in [3.8, 4) is 0 Å². The second kappa shape index (κ2) is 3.76. The number of nitrogens with one attached hydrogen (secondary N) is 1. The fourth-order valence-electron chi connectivity index (χ4n) is 2.19. The second-order valence-electron chi connectivity index (χ2n) is 4.23. The van der Waals surface area contributed by atoms with Crippen LogP contribution in [0.1, 0.15) is 30.3 Å². The number of rotatable bonds is 1. The number of imidazole rings is 1. The summed E-state index contributed by atoms with van der Waals surface area (Å²) in [6, 6.07) is 0. The SMILES string of the molecule is O=S1(=O)CCCCC1c1nc2ncncc2[nH]1. The van der Waals surface area contributed by atoms with Crippen LogP contribution < -0.4 is 0 Å². The number of fused-ring (bicyclic) bond motifs is 1. The fraction of sp³-hybridized carbons (Fsp3) is 0.500. The number of hydrogen-bond acceptors (Lipinski definition) is 5. The molecule has 1 atom stereocenters. The molecule has 0 bridgehead atoms. The minimum atomic E-state index is -3.07. The van der Waals surface area contributed by atoms with Crippen LogP contribution in [-0.4, -0.2) is 34.1 Å². The Morgan fingerprint density at radius 1 is 1.35 bits per heavy atom. The number of sulfone groups is 1. The first kappa shape index (κ1) is 10.6. The maximum absolute atomic E-state index is 12.0. The summed E-state index contributed by atoms with van der Waals surface area (Å²) in [5, 5.41) is -0.509. The molecular weight excluding hydrogens is 240 g/mol. The smallest absolute Gasteiger partial charge is 0.180 e. The van der Waals surface area contributed by atoms with E-state index in [0.29, 0.717) is 23.4 Å². The van der Waals surface area contributed by atoms with E-state index in [4.69, 9.17) is 0 Å². The van der Waals surface area contributed by atoms with Crippen molar-refractivity contribution in [2.75, 3.05) is 5.75 Å². The Hall–Kier alpha value is -1.50. The zero-order valence-corrected chi connectivity index (χ0v) is 9.94. The number of H-pyrrole nitrogens is 1. The van der Waals surface area contributed by atoms with Crippen LogP contribution in [0.2, 0.25) is 0 Å². The third-order valence-electron chi connectivity index (χ3n) is 3.06. The first-order chi connectivity index (χ1) is 8.17. The molecule has 0 radical (unpaired) electrons. The van der Waals surface area contributed by atoms with Crippen LogP contribution >= 0.6 is 0 Å². The van der Waals surface area contributed by atoms with E-state index < -0.39 is 15.1 Å². The zero-order chi connectivity index (χ0) is 11.9. The monoisotopic (exact) mass is 252 g/mol. The lowest BCUT2D eigenvalue weighted by molar-refractivity contribution is 0.540. The highest BCUT2D eigenvalue weighted by atomic mass is 32.2. The van der Waals surface area contributed by atoms with E-state index in [1.54, 1.807) is 6.20 Å². The molecule has 3 rings (SSSR count). The van der Waals surface area contributed by atoms with Crippen molar-refractivity contribution in [1.82, 2.24) is 19.9 Å². The molecule has 0 aliphatic carbocycles. The Morgan fingerprint density at radius 2 is 2.24 bits per heavy atom. The molecule has 0 amide bonds. The first-order valence-corrected chi connectivity index (χ1v) is 7.25. The van der Waals surface area contributed by atoms with Crippen LogP contribution in [0.5, 0.6) is 0 Å². The van der Waals surface area contributed by atoms with Gasteiger partial charge in [0, 0.05) is 0 Å². The standard InChI is InChI=1S/C10H12N4O2S/c15-17(16)4-2-1-3-8(17)10-13-7-5-11-6-12-9(7)14-10/h5-6,8H,1-4H2,(H,11,12,13,14). The highest BCUT2D eigenvalue weighted by Gasteiger charge is 2.32. The Labute approximate surface area is 98.4 Å². The van der Waals surface area contributed by atoms with Gasteiger partial charge in [0.2, 0.25) is 0 Å². The van der Waals surface area contributed by atoms with Gasteiger partial charge in [-0.2, -0.15) is 0 Å². The Balaban J connectivity index is 2.08. The maximum Gasteiger partial charge on any atom is 0.180 e. The molecule has 0 spiro atoms. The first-order valence-electron chi connectivity index (χ1n) is 5.54. The number of hydrogen-bond donors (Lipinski definition) is 1. The van der Waals surface area contributed by atoms with Crippen LogP contribution in [0.4, 0.5) is 0 Å². The van der Waals surface area contributed by atoms with E-state index in [9.17, 15) is 8.42 Å². The molecule has 3 heterocycles. The van der Waals surface area contributed by atoms with Crippen LogP contribution in [-0.2, 0) is 9.84 Å². The zero-order valence-electron chi connectivity index (χ0n) is 9.13. The molecule has 0 aromatic carbocycles.